The van der Waals surface area contributed by atoms with Crippen molar-refractivity contribution >= 4 is 9.76 Å². The third-order valence-corrected chi connectivity index (χ3v) is 2.75. The van der Waals surface area contributed by atoms with Crippen molar-refractivity contribution in [1.29, 1.82) is 0 Å². The fourth-order valence-corrected chi connectivity index (χ4v) is 1.26. The molecule has 0 N–H and O–H groups in total. The number of rotatable bonds is 2. The summed E-state index contributed by atoms with van der Waals surface area (Å²) in [5.74, 6) is 0. The van der Waals surface area contributed by atoms with Gasteiger partial charge < -0.3 is 4.43 Å². The van der Waals surface area contributed by atoms with E-state index in [0.717, 1.165) is 0 Å². The molecule has 0 aliphatic carbocycles. The van der Waals surface area contributed by atoms with Crippen LogP contribution in [-0.4, -0.2) is 16.9 Å². The van der Waals surface area contributed by atoms with Crippen LogP contribution in [0, 0.1) is 0 Å². The van der Waals surface area contributed by atoms with E-state index in [2.05, 4.69) is 59.5 Å². The zero-order valence-electron chi connectivity index (χ0n) is 9.89. The van der Waals surface area contributed by atoms with Gasteiger partial charge in [-0.25, -0.2) is 0 Å². The molecule has 0 spiro atoms. The second-order valence-electron chi connectivity index (χ2n) is 3.31. The Hall–Kier alpha value is -1.38. The molecule has 0 fully saturated rings. The Kier molecular flexibility index (Phi) is 6.22. The van der Waals surface area contributed by atoms with E-state index < -0.39 is 0 Å². The van der Waals surface area contributed by atoms with Gasteiger partial charge in [-0.2, -0.15) is 0 Å². The highest BCUT2D eigenvalue weighted by molar-refractivity contribution is 6.24. The first kappa shape index (κ1) is 12.7. The molecule has 0 unspecified atom stereocenters. The van der Waals surface area contributed by atoms with E-state index in [1.165, 1.54) is 11.1 Å². The highest BCUT2D eigenvalue weighted by atomic mass is 28.2. The molecule has 0 saturated carbocycles. The Bertz CT molecular complexity index is 333. The van der Waals surface area contributed by atoms with Crippen LogP contribution in [0.4, 0.5) is 0 Å². The molecular formula is C14H18OSi. The molecule has 2 rings (SSSR count). The van der Waals surface area contributed by atoms with Crippen molar-refractivity contribution in [2.45, 2.75) is 6.55 Å². The van der Waals surface area contributed by atoms with Gasteiger partial charge in [-0.05, 0) is 11.1 Å². The first-order chi connectivity index (χ1) is 7.88. The average Bonchev–Trinajstić information content (AvgIpc) is 2.41. The van der Waals surface area contributed by atoms with Crippen molar-refractivity contribution in [3.05, 3.63) is 60.7 Å². The van der Waals surface area contributed by atoms with Crippen LogP contribution in [0.1, 0.15) is 0 Å². The molecule has 0 atom stereocenters. The van der Waals surface area contributed by atoms with Gasteiger partial charge in [0.15, 0.2) is 9.76 Å². The van der Waals surface area contributed by atoms with Crippen molar-refractivity contribution < 1.29 is 4.43 Å². The minimum atomic E-state index is -0.0756. The lowest BCUT2D eigenvalue weighted by Gasteiger charge is -1.98. The lowest BCUT2D eigenvalue weighted by Crippen LogP contribution is -1.79. The third-order valence-electron chi connectivity index (χ3n) is 2.17. The van der Waals surface area contributed by atoms with Gasteiger partial charge in [0.1, 0.15) is 0 Å². The molecule has 1 nitrogen and oxygen atoms in total. The topological polar surface area (TPSA) is 9.23 Å². The summed E-state index contributed by atoms with van der Waals surface area (Å²) in [6.07, 6.45) is 0. The fraction of sp³-hybridized carbons (Fsp3) is 0.143. The van der Waals surface area contributed by atoms with Crippen molar-refractivity contribution in [2.24, 2.45) is 0 Å². The Balaban J connectivity index is 0.000000280. The summed E-state index contributed by atoms with van der Waals surface area (Å²) in [6.45, 7) is 2.10. The highest BCUT2D eigenvalue weighted by Gasteiger charge is 1.91. The smallest absolute Gasteiger partial charge is 0.157 e. The Labute approximate surface area is 100 Å². The van der Waals surface area contributed by atoms with Gasteiger partial charge in [-0.15, -0.1) is 0 Å². The molecule has 0 amide bonds. The average molecular weight is 230 g/mol. The van der Waals surface area contributed by atoms with Crippen molar-refractivity contribution in [1.82, 2.24) is 0 Å². The SMILES string of the molecule is CO[SiH2]C.c1ccc(-c2ccccc2)cc1. The Morgan fingerprint density at radius 2 is 1.06 bits per heavy atom. The lowest BCUT2D eigenvalue weighted by atomic mass is 10.1. The largest absolute Gasteiger partial charge is 0.427 e. The van der Waals surface area contributed by atoms with Crippen molar-refractivity contribution in [2.75, 3.05) is 7.11 Å². The van der Waals surface area contributed by atoms with Gasteiger partial charge in [0, 0.05) is 7.11 Å². The lowest BCUT2D eigenvalue weighted by molar-refractivity contribution is 0.446. The summed E-state index contributed by atoms with van der Waals surface area (Å²) in [5.41, 5.74) is 2.55. The fourth-order valence-electron chi connectivity index (χ4n) is 1.26. The molecule has 0 bridgehead atoms. The summed E-state index contributed by atoms with van der Waals surface area (Å²) in [6, 6.07) is 20.8. The molecule has 2 heteroatoms. The van der Waals surface area contributed by atoms with E-state index in [4.69, 9.17) is 0 Å². The van der Waals surface area contributed by atoms with Gasteiger partial charge in [-0.1, -0.05) is 67.2 Å². The molecule has 0 aliphatic rings. The third kappa shape index (κ3) is 4.42. The molecule has 16 heavy (non-hydrogen) atoms. The quantitative estimate of drug-likeness (QED) is 0.720. The first-order valence-corrected chi connectivity index (χ1v) is 7.47. The number of hydrogen-bond donors (Lipinski definition) is 0. The maximum atomic E-state index is 4.68. The zero-order chi connectivity index (χ0) is 11.6. The van der Waals surface area contributed by atoms with Crippen LogP contribution in [0.2, 0.25) is 6.55 Å². The molecule has 2 aromatic rings. The van der Waals surface area contributed by atoms with Crippen molar-refractivity contribution in [3.8, 4) is 11.1 Å². The van der Waals surface area contributed by atoms with Crippen LogP contribution in [0.3, 0.4) is 0 Å². The summed E-state index contributed by atoms with van der Waals surface area (Å²) < 4.78 is 4.68. The normalized spacial score (nSPS) is 9.88. The molecule has 0 saturated heterocycles. The van der Waals surface area contributed by atoms with E-state index in [9.17, 15) is 0 Å². The number of hydrogen-bond acceptors (Lipinski definition) is 1. The molecule has 0 radical (unpaired) electrons. The van der Waals surface area contributed by atoms with Crippen molar-refractivity contribution in [3.63, 3.8) is 0 Å². The highest BCUT2D eigenvalue weighted by Crippen LogP contribution is 2.17. The number of benzene rings is 2. The molecule has 0 aliphatic heterocycles. The molecule has 0 aromatic heterocycles. The van der Waals surface area contributed by atoms with Crippen LogP contribution >= 0.6 is 0 Å². The predicted molar refractivity (Wildman–Crippen MR) is 73.3 cm³/mol. The van der Waals surface area contributed by atoms with Gasteiger partial charge in [0.2, 0.25) is 0 Å². The second kappa shape index (κ2) is 7.85. The van der Waals surface area contributed by atoms with E-state index in [0.29, 0.717) is 0 Å². The van der Waals surface area contributed by atoms with Crippen LogP contribution in [-0.2, 0) is 4.43 Å². The van der Waals surface area contributed by atoms with Crippen LogP contribution in [0.15, 0.2) is 60.7 Å². The van der Waals surface area contributed by atoms with E-state index in [-0.39, 0.29) is 9.76 Å². The van der Waals surface area contributed by atoms with Gasteiger partial charge in [-0.3, -0.25) is 0 Å². The first-order valence-electron chi connectivity index (χ1n) is 5.48. The summed E-state index contributed by atoms with van der Waals surface area (Å²) >= 11 is 0. The summed E-state index contributed by atoms with van der Waals surface area (Å²) in [5, 5.41) is 0. The van der Waals surface area contributed by atoms with Gasteiger partial charge in [0.25, 0.3) is 0 Å². The van der Waals surface area contributed by atoms with E-state index in [1.54, 1.807) is 7.11 Å². The summed E-state index contributed by atoms with van der Waals surface area (Å²) in [4.78, 5) is 0. The molecule has 2 aromatic carbocycles. The maximum absolute atomic E-state index is 4.68. The van der Waals surface area contributed by atoms with Gasteiger partial charge >= 0.3 is 0 Å². The minimum absolute atomic E-state index is 0.0756. The predicted octanol–water partition coefficient (Wildman–Crippen LogP) is 3.12. The molecule has 0 heterocycles. The standard InChI is InChI=1S/C12H10.C2H8OSi/c1-3-7-11(8-4-1)12-9-5-2-6-10-12;1-3-4-2/h1-10H;4H2,1-2H3. The maximum Gasteiger partial charge on any atom is 0.157 e. The van der Waals surface area contributed by atoms with Crippen LogP contribution < -0.4 is 0 Å². The minimum Gasteiger partial charge on any atom is -0.427 e. The Morgan fingerprint density at radius 1 is 0.750 bits per heavy atom. The monoisotopic (exact) mass is 230 g/mol. The van der Waals surface area contributed by atoms with Crippen LogP contribution in [0.5, 0.6) is 0 Å². The second-order valence-corrected chi connectivity index (χ2v) is 4.46. The molecule has 84 valence electrons. The zero-order valence-corrected chi connectivity index (χ0v) is 11.3. The van der Waals surface area contributed by atoms with E-state index >= 15 is 0 Å². The van der Waals surface area contributed by atoms with E-state index in [1.807, 2.05) is 12.1 Å². The summed E-state index contributed by atoms with van der Waals surface area (Å²) in [7, 11) is 1.67. The van der Waals surface area contributed by atoms with Crippen LogP contribution in [0.25, 0.3) is 11.1 Å². The molecular weight excluding hydrogens is 212 g/mol. The Morgan fingerprint density at radius 3 is 1.31 bits per heavy atom. The van der Waals surface area contributed by atoms with Gasteiger partial charge in [0.05, 0.1) is 0 Å².